The van der Waals surface area contributed by atoms with Crippen molar-refractivity contribution in [2.24, 2.45) is 5.16 Å². The number of hydrogen-bond acceptors (Lipinski definition) is 5. The number of oxime groups is 1. The smallest absolute Gasteiger partial charge is 0.172 e. The van der Waals surface area contributed by atoms with Crippen molar-refractivity contribution in [3.63, 3.8) is 0 Å². The van der Waals surface area contributed by atoms with E-state index in [1.165, 1.54) is 0 Å². The molecule has 1 aromatic heterocycles. The summed E-state index contributed by atoms with van der Waals surface area (Å²) < 4.78 is 7.64. The lowest BCUT2D eigenvalue weighted by Crippen LogP contribution is -2.44. The van der Waals surface area contributed by atoms with Crippen molar-refractivity contribution < 1.29 is 9.57 Å². The number of aryl methyl sites for hydroxylation is 1. The fraction of sp³-hybridized carbons (Fsp3) is 0.280. The molecule has 0 radical (unpaired) electrons. The van der Waals surface area contributed by atoms with Crippen LogP contribution in [0.2, 0.25) is 10.0 Å². The molecule has 1 atom stereocenters. The van der Waals surface area contributed by atoms with Crippen LogP contribution in [0.5, 0.6) is 5.75 Å². The van der Waals surface area contributed by atoms with E-state index in [1.807, 2.05) is 42.0 Å². The number of nitrogens with zero attached hydrogens (tertiary/aromatic N) is 4. The van der Waals surface area contributed by atoms with Gasteiger partial charge in [-0.2, -0.15) is 0 Å². The number of imidazole rings is 1. The lowest BCUT2D eigenvalue weighted by atomic mass is 9.96. The zero-order valence-electron chi connectivity index (χ0n) is 18.5. The molecule has 170 valence electrons. The minimum Gasteiger partial charge on any atom is -0.495 e. The van der Waals surface area contributed by atoms with E-state index in [0.29, 0.717) is 16.7 Å². The Morgan fingerprint density at radius 2 is 1.97 bits per heavy atom. The molecule has 0 bridgehead atoms. The average Bonchev–Trinajstić information content (AvgIpc) is 3.24. The van der Waals surface area contributed by atoms with Gasteiger partial charge in [0, 0.05) is 22.8 Å². The second-order valence-corrected chi connectivity index (χ2v) is 9.12. The molecule has 2 aromatic carbocycles. The molecule has 3 aromatic rings. The molecule has 5 rings (SSSR count). The minimum absolute atomic E-state index is 0.0128. The van der Waals surface area contributed by atoms with Gasteiger partial charge in [0.2, 0.25) is 0 Å². The van der Waals surface area contributed by atoms with Crippen LogP contribution in [0, 0.1) is 6.92 Å². The summed E-state index contributed by atoms with van der Waals surface area (Å²) in [7, 11) is 1.68. The van der Waals surface area contributed by atoms with Crippen molar-refractivity contribution in [1.29, 1.82) is 0 Å². The summed E-state index contributed by atoms with van der Waals surface area (Å²) in [6.45, 7) is 3.32. The van der Waals surface area contributed by atoms with E-state index in [0.717, 1.165) is 59.1 Å². The first kappa shape index (κ1) is 21.9. The number of amidine groups is 1. The van der Waals surface area contributed by atoms with Gasteiger partial charge < -0.3 is 19.0 Å². The highest BCUT2D eigenvalue weighted by molar-refractivity contribution is 6.34. The Morgan fingerprint density at radius 1 is 1.15 bits per heavy atom. The van der Waals surface area contributed by atoms with Crippen molar-refractivity contribution in [3.8, 4) is 11.4 Å². The molecule has 8 heteroatoms. The van der Waals surface area contributed by atoms with Gasteiger partial charge in [-0.25, -0.2) is 4.98 Å². The monoisotopic (exact) mass is 482 g/mol. The fourth-order valence-electron chi connectivity index (χ4n) is 4.45. The summed E-state index contributed by atoms with van der Waals surface area (Å²) in [4.78, 5) is 12.3. The first-order valence-corrected chi connectivity index (χ1v) is 11.6. The van der Waals surface area contributed by atoms with Crippen molar-refractivity contribution in [1.82, 2.24) is 14.5 Å². The Bertz CT molecular complexity index is 1230. The number of ether oxygens (including phenoxy) is 1. The van der Waals surface area contributed by atoms with Gasteiger partial charge in [-0.1, -0.05) is 34.4 Å². The number of aromatic nitrogens is 2. The highest BCUT2D eigenvalue weighted by atomic mass is 35.5. The van der Waals surface area contributed by atoms with Gasteiger partial charge in [0.05, 0.1) is 30.9 Å². The highest BCUT2D eigenvalue weighted by Crippen LogP contribution is 2.35. The third kappa shape index (κ3) is 4.45. The van der Waals surface area contributed by atoms with Crippen LogP contribution in [0.15, 0.2) is 59.7 Å². The standard InChI is InChI=1S/C25H24Cl2N4O2/c1-16-13-30(15-28-16)22-6-5-17(9-24(22)32-2)8-18-4-3-7-31-23(14-33-29-25(18)31)19-10-20(26)12-21(27)11-19/h5-6,8-13,15,23H,3-4,7,14H2,1-2H3/b18-8+/t23-/m1/s1. The summed E-state index contributed by atoms with van der Waals surface area (Å²) >= 11 is 12.5. The lowest BCUT2D eigenvalue weighted by molar-refractivity contribution is 0.0575. The van der Waals surface area contributed by atoms with Gasteiger partial charge in [-0.3, -0.25) is 0 Å². The molecule has 1 fully saturated rings. The van der Waals surface area contributed by atoms with E-state index >= 15 is 0 Å². The molecule has 33 heavy (non-hydrogen) atoms. The molecule has 0 unspecified atom stereocenters. The molecule has 2 aliphatic heterocycles. The molecule has 2 aliphatic rings. The van der Waals surface area contributed by atoms with E-state index in [-0.39, 0.29) is 6.04 Å². The van der Waals surface area contributed by atoms with E-state index in [1.54, 1.807) is 19.5 Å². The van der Waals surface area contributed by atoms with Gasteiger partial charge in [-0.05, 0) is 72.9 Å². The summed E-state index contributed by atoms with van der Waals surface area (Å²) in [5.74, 6) is 1.64. The van der Waals surface area contributed by atoms with Crippen LogP contribution in [-0.4, -0.2) is 40.5 Å². The third-order valence-electron chi connectivity index (χ3n) is 5.97. The number of piperidine rings is 1. The Hall–Kier alpha value is -2.96. The molecule has 0 aliphatic carbocycles. The van der Waals surface area contributed by atoms with Crippen LogP contribution >= 0.6 is 23.2 Å². The molecule has 3 heterocycles. The number of rotatable bonds is 4. The van der Waals surface area contributed by atoms with Crippen LogP contribution in [0.3, 0.4) is 0 Å². The van der Waals surface area contributed by atoms with Gasteiger partial charge in [-0.15, -0.1) is 0 Å². The fourth-order valence-corrected chi connectivity index (χ4v) is 4.99. The first-order chi connectivity index (χ1) is 16.0. The molecule has 0 saturated carbocycles. The van der Waals surface area contributed by atoms with Gasteiger partial charge in [0.15, 0.2) is 5.84 Å². The van der Waals surface area contributed by atoms with Crippen LogP contribution in [0.1, 0.15) is 35.7 Å². The largest absolute Gasteiger partial charge is 0.495 e. The normalized spacial score (nSPS) is 19.2. The van der Waals surface area contributed by atoms with E-state index in [9.17, 15) is 0 Å². The van der Waals surface area contributed by atoms with Crippen molar-refractivity contribution >= 4 is 35.1 Å². The molecule has 0 N–H and O–H groups in total. The van der Waals surface area contributed by atoms with Crippen molar-refractivity contribution in [3.05, 3.63) is 81.4 Å². The molecular formula is C25H24Cl2N4O2. The Kier molecular flexibility index (Phi) is 6.04. The summed E-state index contributed by atoms with van der Waals surface area (Å²) in [6, 6.07) is 11.8. The van der Waals surface area contributed by atoms with Crippen LogP contribution < -0.4 is 4.74 Å². The van der Waals surface area contributed by atoms with Crippen LogP contribution in [0.4, 0.5) is 0 Å². The van der Waals surface area contributed by atoms with Crippen LogP contribution in [0.25, 0.3) is 11.8 Å². The maximum absolute atomic E-state index is 6.26. The highest BCUT2D eigenvalue weighted by Gasteiger charge is 2.33. The zero-order valence-corrected chi connectivity index (χ0v) is 20.0. The average molecular weight is 483 g/mol. The summed E-state index contributed by atoms with van der Waals surface area (Å²) in [6.07, 6.45) is 7.88. The first-order valence-electron chi connectivity index (χ1n) is 10.8. The zero-order chi connectivity index (χ0) is 22.9. The Labute approximate surface area is 203 Å². The number of hydrogen-bond donors (Lipinski definition) is 0. The maximum Gasteiger partial charge on any atom is 0.172 e. The van der Waals surface area contributed by atoms with Gasteiger partial charge in [0.1, 0.15) is 12.4 Å². The topological polar surface area (TPSA) is 51.9 Å². The number of benzene rings is 2. The molecule has 0 amide bonds. The van der Waals surface area contributed by atoms with E-state index in [4.69, 9.17) is 32.8 Å². The quantitative estimate of drug-likeness (QED) is 0.453. The Morgan fingerprint density at radius 3 is 2.70 bits per heavy atom. The SMILES string of the molecule is COc1cc(/C=C2\CCCN3C2=NOC[C@@H]3c2cc(Cl)cc(Cl)c2)ccc1-n1cnc(C)c1. The van der Waals surface area contributed by atoms with Crippen LogP contribution in [-0.2, 0) is 4.84 Å². The molecule has 1 saturated heterocycles. The Balaban J connectivity index is 1.46. The second-order valence-electron chi connectivity index (χ2n) is 8.25. The third-order valence-corrected chi connectivity index (χ3v) is 6.40. The van der Waals surface area contributed by atoms with E-state index in [2.05, 4.69) is 27.2 Å². The lowest BCUT2D eigenvalue weighted by Gasteiger charge is -2.40. The number of methoxy groups -OCH3 is 1. The number of fused-ring (bicyclic) bond motifs is 1. The predicted octanol–water partition coefficient (Wildman–Crippen LogP) is 6.06. The predicted molar refractivity (Wildman–Crippen MR) is 131 cm³/mol. The van der Waals surface area contributed by atoms with Crippen molar-refractivity contribution in [2.75, 3.05) is 20.3 Å². The van der Waals surface area contributed by atoms with Crippen molar-refractivity contribution in [2.45, 2.75) is 25.8 Å². The molecular weight excluding hydrogens is 459 g/mol. The summed E-state index contributed by atoms with van der Waals surface area (Å²) in [5.41, 5.74) is 5.10. The minimum atomic E-state index is 0.0128. The van der Waals surface area contributed by atoms with E-state index < -0.39 is 0 Å². The van der Waals surface area contributed by atoms with Gasteiger partial charge in [0.25, 0.3) is 0 Å². The van der Waals surface area contributed by atoms with Gasteiger partial charge >= 0.3 is 0 Å². The summed E-state index contributed by atoms with van der Waals surface area (Å²) in [5, 5.41) is 5.66. The second kappa shape index (κ2) is 9.12. The maximum atomic E-state index is 6.26. The molecule has 6 nitrogen and oxygen atoms in total. The molecule has 0 spiro atoms. The number of halogens is 2.